The summed E-state index contributed by atoms with van der Waals surface area (Å²) in [5, 5.41) is 16.0. The number of thiocarbonyl (C=S) groups is 1. The summed E-state index contributed by atoms with van der Waals surface area (Å²) < 4.78 is 10.4. The molecule has 0 fully saturated rings. The largest absolute Gasteiger partial charge is 0.493 e. The molecule has 0 atom stereocenters. The van der Waals surface area contributed by atoms with Gasteiger partial charge in [-0.25, -0.2) is 0 Å². The van der Waals surface area contributed by atoms with Crippen molar-refractivity contribution >= 4 is 40.7 Å². The van der Waals surface area contributed by atoms with E-state index in [1.807, 2.05) is 0 Å². The number of nitrogens with one attached hydrogen (secondary N) is 2. The number of nitrogens with zero attached hydrogens (tertiary/aromatic N) is 1. The number of benzene rings is 2. The predicted molar refractivity (Wildman–Crippen MR) is 106 cm³/mol. The normalized spacial score (nSPS) is 10.3. The number of nitro benzene ring substituents is 1. The zero-order valence-electron chi connectivity index (χ0n) is 14.6. The summed E-state index contributed by atoms with van der Waals surface area (Å²) in [6.45, 7) is 0. The van der Waals surface area contributed by atoms with Crippen LogP contribution in [-0.2, 0) is 4.79 Å². The molecule has 0 unspecified atom stereocenters. The standard InChI is InChI=1S/C18H17N3O5S/c1-25-15-9-7-12(11-16(15)26-2)8-10-17(22)20-18(27)19-13-5-3-4-6-14(13)21(23)24/h3-11H,1-2H3,(H2,19,20,22,27)/b10-8+. The van der Waals surface area contributed by atoms with E-state index in [1.165, 1.54) is 38.5 Å². The third-order valence-corrected chi connectivity index (χ3v) is 3.62. The van der Waals surface area contributed by atoms with Gasteiger partial charge in [0.15, 0.2) is 16.6 Å². The summed E-state index contributed by atoms with van der Waals surface area (Å²) in [7, 11) is 3.05. The third kappa shape index (κ3) is 5.51. The van der Waals surface area contributed by atoms with E-state index in [0.29, 0.717) is 11.5 Å². The van der Waals surface area contributed by atoms with Crippen LogP contribution in [0.1, 0.15) is 5.56 Å². The van der Waals surface area contributed by atoms with Gasteiger partial charge in [-0.3, -0.25) is 20.2 Å². The second-order valence-corrected chi connectivity index (χ2v) is 5.57. The van der Waals surface area contributed by atoms with Crippen molar-refractivity contribution in [2.45, 2.75) is 0 Å². The fourth-order valence-corrected chi connectivity index (χ4v) is 2.38. The molecule has 0 heterocycles. The first kappa shape index (κ1) is 19.9. The number of carbonyl (C=O) groups excluding carboxylic acids is 1. The van der Waals surface area contributed by atoms with Gasteiger partial charge in [-0.2, -0.15) is 0 Å². The minimum Gasteiger partial charge on any atom is -0.493 e. The Morgan fingerprint density at radius 1 is 1.15 bits per heavy atom. The number of methoxy groups -OCH3 is 2. The number of hydrogen-bond acceptors (Lipinski definition) is 6. The Morgan fingerprint density at radius 2 is 1.85 bits per heavy atom. The van der Waals surface area contributed by atoms with E-state index in [2.05, 4.69) is 10.6 Å². The summed E-state index contributed by atoms with van der Waals surface area (Å²) in [5.74, 6) is 0.628. The molecule has 0 aliphatic rings. The van der Waals surface area contributed by atoms with Crippen molar-refractivity contribution in [2.75, 3.05) is 19.5 Å². The maximum atomic E-state index is 12.0. The van der Waals surface area contributed by atoms with Crippen molar-refractivity contribution in [2.24, 2.45) is 0 Å². The van der Waals surface area contributed by atoms with Gasteiger partial charge in [0.05, 0.1) is 19.1 Å². The van der Waals surface area contributed by atoms with Gasteiger partial charge in [-0.15, -0.1) is 0 Å². The predicted octanol–water partition coefficient (Wildman–Crippen LogP) is 3.14. The van der Waals surface area contributed by atoms with Gasteiger partial charge < -0.3 is 14.8 Å². The second kappa shape index (κ2) is 9.30. The van der Waals surface area contributed by atoms with Crippen molar-refractivity contribution < 1.29 is 19.2 Å². The lowest BCUT2D eigenvalue weighted by Crippen LogP contribution is -2.33. The molecule has 1 amide bonds. The molecule has 0 radical (unpaired) electrons. The zero-order valence-corrected chi connectivity index (χ0v) is 15.4. The van der Waals surface area contributed by atoms with Crippen LogP contribution in [-0.4, -0.2) is 30.2 Å². The number of ether oxygens (including phenoxy) is 2. The molecule has 0 aliphatic heterocycles. The Morgan fingerprint density at radius 3 is 2.52 bits per heavy atom. The summed E-state index contributed by atoms with van der Waals surface area (Å²) in [6.07, 6.45) is 2.86. The van der Waals surface area contributed by atoms with Crippen LogP contribution in [0.15, 0.2) is 48.5 Å². The van der Waals surface area contributed by atoms with Crippen LogP contribution in [0, 0.1) is 10.1 Å². The molecular formula is C18H17N3O5S. The summed E-state index contributed by atoms with van der Waals surface area (Å²) in [5.41, 5.74) is 0.770. The van der Waals surface area contributed by atoms with Crippen molar-refractivity contribution in [3.8, 4) is 11.5 Å². The van der Waals surface area contributed by atoms with Crippen LogP contribution in [0.25, 0.3) is 6.08 Å². The van der Waals surface area contributed by atoms with Crippen molar-refractivity contribution in [3.63, 3.8) is 0 Å². The van der Waals surface area contributed by atoms with Crippen LogP contribution < -0.4 is 20.1 Å². The Balaban J connectivity index is 2.00. The van der Waals surface area contributed by atoms with Gasteiger partial charge in [-0.05, 0) is 42.1 Å². The first-order valence-corrected chi connectivity index (χ1v) is 8.11. The quantitative estimate of drug-likeness (QED) is 0.340. The van der Waals surface area contributed by atoms with Gasteiger partial charge >= 0.3 is 0 Å². The number of rotatable bonds is 6. The number of hydrogen-bond donors (Lipinski definition) is 2. The molecule has 140 valence electrons. The van der Waals surface area contributed by atoms with E-state index >= 15 is 0 Å². The Bertz CT molecular complexity index is 898. The molecule has 0 aromatic heterocycles. The second-order valence-electron chi connectivity index (χ2n) is 5.17. The van der Waals surface area contributed by atoms with Crippen LogP contribution >= 0.6 is 12.2 Å². The molecule has 2 N–H and O–H groups in total. The highest BCUT2D eigenvalue weighted by Crippen LogP contribution is 2.28. The average molecular weight is 387 g/mol. The highest BCUT2D eigenvalue weighted by atomic mass is 32.1. The summed E-state index contributed by atoms with van der Waals surface area (Å²) in [4.78, 5) is 22.4. The van der Waals surface area contributed by atoms with Crippen LogP contribution in [0.5, 0.6) is 11.5 Å². The maximum absolute atomic E-state index is 12.0. The molecule has 0 saturated carbocycles. The van der Waals surface area contributed by atoms with Crippen molar-refractivity contribution in [3.05, 3.63) is 64.2 Å². The lowest BCUT2D eigenvalue weighted by molar-refractivity contribution is -0.383. The fraction of sp³-hybridized carbons (Fsp3) is 0.111. The minimum atomic E-state index is -0.538. The number of para-hydroxylation sites is 2. The number of carbonyl (C=O) groups is 1. The molecule has 2 rings (SSSR count). The van der Waals surface area contributed by atoms with E-state index in [0.717, 1.165) is 5.56 Å². The Hall–Kier alpha value is -3.46. The maximum Gasteiger partial charge on any atom is 0.292 e. The van der Waals surface area contributed by atoms with Gasteiger partial charge in [0.25, 0.3) is 5.69 Å². The zero-order chi connectivity index (χ0) is 19.8. The van der Waals surface area contributed by atoms with E-state index in [-0.39, 0.29) is 16.5 Å². The van der Waals surface area contributed by atoms with Crippen LogP contribution in [0.2, 0.25) is 0 Å². The van der Waals surface area contributed by atoms with E-state index in [9.17, 15) is 14.9 Å². The topological polar surface area (TPSA) is 103 Å². The highest BCUT2D eigenvalue weighted by molar-refractivity contribution is 7.80. The summed E-state index contributed by atoms with van der Waals surface area (Å²) >= 11 is 5.03. The minimum absolute atomic E-state index is 0.0498. The Labute approximate surface area is 160 Å². The lowest BCUT2D eigenvalue weighted by Gasteiger charge is -2.09. The molecule has 8 nitrogen and oxygen atoms in total. The highest BCUT2D eigenvalue weighted by Gasteiger charge is 2.13. The van der Waals surface area contributed by atoms with Crippen LogP contribution in [0.3, 0.4) is 0 Å². The monoisotopic (exact) mass is 387 g/mol. The van der Waals surface area contributed by atoms with Gasteiger partial charge in [-0.1, -0.05) is 18.2 Å². The third-order valence-electron chi connectivity index (χ3n) is 3.42. The molecule has 2 aromatic carbocycles. The first-order chi connectivity index (χ1) is 12.9. The number of amides is 1. The van der Waals surface area contributed by atoms with Gasteiger partial charge in [0.1, 0.15) is 5.69 Å². The van der Waals surface area contributed by atoms with E-state index in [1.54, 1.807) is 30.3 Å². The van der Waals surface area contributed by atoms with E-state index < -0.39 is 10.8 Å². The molecule has 9 heteroatoms. The SMILES string of the molecule is COc1ccc(/C=C/C(=O)NC(=S)Nc2ccccc2[N+](=O)[O-])cc1OC. The molecular weight excluding hydrogens is 370 g/mol. The average Bonchev–Trinajstić information content (AvgIpc) is 2.66. The molecule has 0 spiro atoms. The fourth-order valence-electron chi connectivity index (χ4n) is 2.17. The number of anilines is 1. The lowest BCUT2D eigenvalue weighted by atomic mass is 10.2. The van der Waals surface area contributed by atoms with Gasteiger partial charge in [0.2, 0.25) is 5.91 Å². The van der Waals surface area contributed by atoms with Crippen LogP contribution in [0.4, 0.5) is 11.4 Å². The first-order valence-electron chi connectivity index (χ1n) is 7.70. The molecule has 0 saturated heterocycles. The molecule has 0 bridgehead atoms. The molecule has 2 aromatic rings. The summed E-state index contributed by atoms with van der Waals surface area (Å²) in [6, 6.07) is 11.2. The van der Waals surface area contributed by atoms with Gasteiger partial charge in [0, 0.05) is 12.1 Å². The smallest absolute Gasteiger partial charge is 0.292 e. The van der Waals surface area contributed by atoms with E-state index in [4.69, 9.17) is 21.7 Å². The molecule has 0 aliphatic carbocycles. The molecule has 27 heavy (non-hydrogen) atoms. The Kier molecular flexibility index (Phi) is 6.84. The van der Waals surface area contributed by atoms with Crippen molar-refractivity contribution in [1.82, 2.24) is 5.32 Å². The number of nitro groups is 1. The van der Waals surface area contributed by atoms with Crippen molar-refractivity contribution in [1.29, 1.82) is 0 Å².